The fourth-order valence-electron chi connectivity index (χ4n) is 1.67. The molecule has 0 radical (unpaired) electrons. The monoisotopic (exact) mass is 287 g/mol. The van der Waals surface area contributed by atoms with Crippen molar-refractivity contribution in [2.24, 2.45) is 0 Å². The zero-order valence-corrected chi connectivity index (χ0v) is 11.4. The molecular weight excluding hydrogens is 273 g/mol. The summed E-state index contributed by atoms with van der Waals surface area (Å²) in [7, 11) is 0. The summed E-state index contributed by atoms with van der Waals surface area (Å²) >= 11 is 0. The molecule has 1 amide bonds. The number of hydrogen-bond acceptors (Lipinski definition) is 3. The van der Waals surface area contributed by atoms with E-state index in [0.717, 1.165) is 11.6 Å². The maximum absolute atomic E-state index is 13.3. The molecule has 0 atom stereocenters. The van der Waals surface area contributed by atoms with Gasteiger partial charge in [-0.1, -0.05) is 29.8 Å². The molecule has 108 valence electrons. The number of ether oxygens (including phenoxy) is 1. The number of amides is 1. The number of hydrogen-bond donors (Lipinski definition) is 1. The van der Waals surface area contributed by atoms with Crippen molar-refractivity contribution in [2.45, 2.75) is 6.92 Å². The molecule has 2 rings (SSSR count). The van der Waals surface area contributed by atoms with Crippen molar-refractivity contribution in [3.8, 4) is 0 Å². The quantitative estimate of drug-likeness (QED) is 0.880. The van der Waals surface area contributed by atoms with E-state index in [1.54, 1.807) is 12.1 Å². The summed E-state index contributed by atoms with van der Waals surface area (Å²) in [6.45, 7) is 1.46. The third-order valence-electron chi connectivity index (χ3n) is 2.76. The number of carbonyl (C=O) groups excluding carboxylic acids is 2. The molecule has 2 aromatic carbocycles. The van der Waals surface area contributed by atoms with E-state index >= 15 is 0 Å². The van der Waals surface area contributed by atoms with E-state index in [4.69, 9.17) is 4.74 Å². The minimum atomic E-state index is -0.868. The van der Waals surface area contributed by atoms with Crippen LogP contribution in [0.3, 0.4) is 0 Å². The van der Waals surface area contributed by atoms with Gasteiger partial charge in [0.15, 0.2) is 6.61 Å². The summed E-state index contributed by atoms with van der Waals surface area (Å²) in [5.74, 6) is -2.03. The second-order valence-corrected chi connectivity index (χ2v) is 4.47. The van der Waals surface area contributed by atoms with Crippen LogP contribution in [-0.4, -0.2) is 18.5 Å². The molecule has 0 saturated carbocycles. The average Bonchev–Trinajstić information content (AvgIpc) is 2.48. The van der Waals surface area contributed by atoms with Gasteiger partial charge in [-0.25, -0.2) is 9.18 Å². The van der Waals surface area contributed by atoms with Gasteiger partial charge in [0.25, 0.3) is 5.91 Å². The Morgan fingerprint density at radius 2 is 1.76 bits per heavy atom. The van der Waals surface area contributed by atoms with Gasteiger partial charge in [0, 0.05) is 5.69 Å². The van der Waals surface area contributed by atoms with Gasteiger partial charge in [0.05, 0.1) is 5.56 Å². The highest BCUT2D eigenvalue weighted by Crippen LogP contribution is 2.10. The molecule has 0 aromatic heterocycles. The predicted molar refractivity (Wildman–Crippen MR) is 76.5 cm³/mol. The van der Waals surface area contributed by atoms with E-state index < -0.39 is 24.3 Å². The third-order valence-corrected chi connectivity index (χ3v) is 2.76. The highest BCUT2D eigenvalue weighted by molar-refractivity contribution is 5.95. The second-order valence-electron chi connectivity index (χ2n) is 4.47. The molecule has 21 heavy (non-hydrogen) atoms. The molecule has 0 fully saturated rings. The Labute approximate surface area is 121 Å². The normalized spacial score (nSPS) is 10.0. The van der Waals surface area contributed by atoms with E-state index in [1.165, 1.54) is 18.2 Å². The zero-order chi connectivity index (χ0) is 15.2. The van der Waals surface area contributed by atoms with Crippen LogP contribution < -0.4 is 5.32 Å². The van der Waals surface area contributed by atoms with Crippen LogP contribution in [0.1, 0.15) is 15.9 Å². The van der Waals surface area contributed by atoms with Crippen molar-refractivity contribution in [1.29, 1.82) is 0 Å². The van der Waals surface area contributed by atoms with E-state index in [0.29, 0.717) is 5.69 Å². The molecular formula is C16H14FNO3. The minimum absolute atomic E-state index is 0.194. The number of anilines is 1. The lowest BCUT2D eigenvalue weighted by Gasteiger charge is -2.07. The Hall–Kier alpha value is -2.69. The first-order valence-corrected chi connectivity index (χ1v) is 6.34. The Morgan fingerprint density at radius 3 is 2.43 bits per heavy atom. The van der Waals surface area contributed by atoms with Gasteiger partial charge < -0.3 is 10.1 Å². The first kappa shape index (κ1) is 14.7. The van der Waals surface area contributed by atoms with Crippen molar-refractivity contribution in [1.82, 2.24) is 0 Å². The fraction of sp³-hybridized carbons (Fsp3) is 0.125. The number of benzene rings is 2. The smallest absolute Gasteiger partial charge is 0.341 e. The first-order valence-electron chi connectivity index (χ1n) is 6.34. The van der Waals surface area contributed by atoms with Gasteiger partial charge >= 0.3 is 5.97 Å². The van der Waals surface area contributed by atoms with Crippen LogP contribution in [0, 0.1) is 12.7 Å². The molecule has 0 aliphatic rings. The minimum Gasteiger partial charge on any atom is -0.452 e. The van der Waals surface area contributed by atoms with E-state index in [9.17, 15) is 14.0 Å². The Bertz CT molecular complexity index is 653. The molecule has 5 heteroatoms. The third kappa shape index (κ3) is 4.14. The summed E-state index contributed by atoms with van der Waals surface area (Å²) in [6.07, 6.45) is 0. The summed E-state index contributed by atoms with van der Waals surface area (Å²) in [4.78, 5) is 23.3. The zero-order valence-electron chi connectivity index (χ0n) is 11.4. The summed E-state index contributed by atoms with van der Waals surface area (Å²) < 4.78 is 18.1. The van der Waals surface area contributed by atoms with Gasteiger partial charge in [-0.15, -0.1) is 0 Å². The molecule has 0 saturated heterocycles. The van der Waals surface area contributed by atoms with E-state index in [1.807, 2.05) is 19.1 Å². The molecule has 0 aliphatic carbocycles. The molecule has 2 aromatic rings. The topological polar surface area (TPSA) is 55.4 Å². The lowest BCUT2D eigenvalue weighted by Crippen LogP contribution is -2.21. The van der Waals surface area contributed by atoms with Gasteiger partial charge in [-0.2, -0.15) is 0 Å². The largest absolute Gasteiger partial charge is 0.452 e. The van der Waals surface area contributed by atoms with Crippen LogP contribution in [-0.2, 0) is 9.53 Å². The van der Waals surface area contributed by atoms with Gasteiger partial charge in [-0.3, -0.25) is 4.79 Å². The summed E-state index contributed by atoms with van der Waals surface area (Å²) in [5.41, 5.74) is 1.48. The number of carbonyl (C=O) groups is 2. The molecule has 4 nitrogen and oxygen atoms in total. The second kappa shape index (κ2) is 6.65. The fourth-order valence-corrected chi connectivity index (χ4v) is 1.67. The lowest BCUT2D eigenvalue weighted by atomic mass is 10.2. The Kier molecular flexibility index (Phi) is 4.66. The van der Waals surface area contributed by atoms with Crippen LogP contribution in [0.2, 0.25) is 0 Å². The number of nitrogens with one attached hydrogen (secondary N) is 1. The molecule has 1 N–H and O–H groups in total. The molecule has 0 bridgehead atoms. The standard InChI is InChI=1S/C16H14FNO3/c1-11-6-8-12(9-7-11)18-15(19)10-21-16(20)13-4-2-3-5-14(13)17/h2-9H,10H2,1H3,(H,18,19). The number of rotatable bonds is 4. The van der Waals surface area contributed by atoms with Crippen LogP contribution in [0.4, 0.5) is 10.1 Å². The van der Waals surface area contributed by atoms with Crippen molar-refractivity contribution >= 4 is 17.6 Å². The average molecular weight is 287 g/mol. The summed E-state index contributed by atoms with van der Waals surface area (Å²) in [5, 5.41) is 2.58. The highest BCUT2D eigenvalue weighted by Gasteiger charge is 2.14. The Balaban J connectivity index is 1.88. The summed E-state index contributed by atoms with van der Waals surface area (Å²) in [6, 6.07) is 12.6. The molecule has 0 heterocycles. The lowest BCUT2D eigenvalue weighted by molar-refractivity contribution is -0.119. The number of aryl methyl sites for hydroxylation is 1. The van der Waals surface area contributed by atoms with Gasteiger partial charge in [-0.05, 0) is 31.2 Å². The van der Waals surface area contributed by atoms with Crippen molar-refractivity contribution < 1.29 is 18.7 Å². The number of halogens is 1. The Morgan fingerprint density at radius 1 is 1.10 bits per heavy atom. The van der Waals surface area contributed by atoms with Crippen molar-refractivity contribution in [2.75, 3.05) is 11.9 Å². The van der Waals surface area contributed by atoms with Crippen LogP contribution in [0.15, 0.2) is 48.5 Å². The van der Waals surface area contributed by atoms with E-state index in [2.05, 4.69) is 5.32 Å². The predicted octanol–water partition coefficient (Wildman–Crippen LogP) is 2.93. The first-order chi connectivity index (χ1) is 10.1. The van der Waals surface area contributed by atoms with Gasteiger partial charge in [0.2, 0.25) is 0 Å². The molecule has 0 spiro atoms. The molecule has 0 unspecified atom stereocenters. The van der Waals surface area contributed by atoms with Crippen molar-refractivity contribution in [3.05, 3.63) is 65.5 Å². The van der Waals surface area contributed by atoms with Crippen molar-refractivity contribution in [3.63, 3.8) is 0 Å². The van der Waals surface area contributed by atoms with E-state index in [-0.39, 0.29) is 5.56 Å². The highest BCUT2D eigenvalue weighted by atomic mass is 19.1. The van der Waals surface area contributed by atoms with Crippen LogP contribution >= 0.6 is 0 Å². The SMILES string of the molecule is Cc1ccc(NC(=O)COC(=O)c2ccccc2F)cc1. The van der Waals surface area contributed by atoms with Crippen LogP contribution in [0.5, 0.6) is 0 Å². The maximum atomic E-state index is 13.3. The van der Waals surface area contributed by atoms with Crippen LogP contribution in [0.25, 0.3) is 0 Å². The molecule has 0 aliphatic heterocycles. The number of esters is 1. The van der Waals surface area contributed by atoms with Gasteiger partial charge in [0.1, 0.15) is 5.82 Å². The maximum Gasteiger partial charge on any atom is 0.341 e.